The maximum absolute atomic E-state index is 13.6. The number of rotatable bonds is 4. The first kappa shape index (κ1) is 21.7. The Balaban J connectivity index is 1.17. The zero-order valence-corrected chi connectivity index (χ0v) is 20.2. The van der Waals surface area contributed by atoms with Gasteiger partial charge in [-0.2, -0.15) is 5.10 Å². The molecule has 34 heavy (non-hydrogen) atoms. The third kappa shape index (κ3) is 3.60. The summed E-state index contributed by atoms with van der Waals surface area (Å²) in [7, 11) is 0. The molecule has 2 amide bonds. The number of nitrogens with zero attached hydrogens (tertiary/aromatic N) is 5. The van der Waals surface area contributed by atoms with E-state index in [1.54, 1.807) is 0 Å². The summed E-state index contributed by atoms with van der Waals surface area (Å²) in [5, 5.41) is 4.76. The van der Waals surface area contributed by atoms with Gasteiger partial charge in [0, 0.05) is 75.1 Å². The summed E-state index contributed by atoms with van der Waals surface area (Å²) in [6, 6.07) is 10.4. The lowest BCUT2D eigenvalue weighted by Crippen LogP contribution is -2.49. The Hall–Kier alpha value is -2.83. The lowest BCUT2D eigenvalue weighted by Gasteiger charge is -2.36. The zero-order valence-electron chi connectivity index (χ0n) is 20.2. The van der Waals surface area contributed by atoms with Gasteiger partial charge in [0.25, 0.3) is 5.91 Å². The van der Waals surface area contributed by atoms with E-state index in [0.29, 0.717) is 36.7 Å². The molecule has 1 atom stereocenters. The van der Waals surface area contributed by atoms with Gasteiger partial charge in [-0.3, -0.25) is 14.3 Å². The molecular formula is C27H35N5O2. The van der Waals surface area contributed by atoms with Crippen molar-refractivity contribution in [1.82, 2.24) is 19.6 Å². The number of aryl methyl sites for hydroxylation is 1. The van der Waals surface area contributed by atoms with Crippen LogP contribution in [-0.2, 0) is 24.3 Å². The molecule has 2 aromatic rings. The molecule has 3 fully saturated rings. The van der Waals surface area contributed by atoms with Crippen molar-refractivity contribution in [3.05, 3.63) is 47.3 Å². The largest absolute Gasteiger partial charge is 0.368 e. The molecule has 180 valence electrons. The normalized spacial score (nSPS) is 23.3. The molecule has 0 N–H and O–H groups in total. The van der Waals surface area contributed by atoms with Gasteiger partial charge in [0.15, 0.2) is 5.69 Å². The number of hydrogen-bond donors (Lipinski definition) is 0. The van der Waals surface area contributed by atoms with Crippen LogP contribution < -0.4 is 4.90 Å². The van der Waals surface area contributed by atoms with Gasteiger partial charge in [0.1, 0.15) is 0 Å². The van der Waals surface area contributed by atoms with E-state index in [9.17, 15) is 9.59 Å². The monoisotopic (exact) mass is 461 g/mol. The third-order valence-electron chi connectivity index (χ3n) is 8.72. The average Bonchev–Trinajstić information content (AvgIpc) is 3.20. The number of piperazine rings is 1. The van der Waals surface area contributed by atoms with Crippen molar-refractivity contribution in [3.63, 3.8) is 0 Å². The predicted octanol–water partition coefficient (Wildman–Crippen LogP) is 3.33. The molecular weight excluding hydrogens is 426 g/mol. The maximum Gasteiger partial charge on any atom is 0.274 e. The number of benzene rings is 1. The van der Waals surface area contributed by atoms with Crippen molar-refractivity contribution in [2.75, 3.05) is 37.6 Å². The third-order valence-corrected chi connectivity index (χ3v) is 8.72. The van der Waals surface area contributed by atoms with E-state index >= 15 is 0 Å². The van der Waals surface area contributed by atoms with Crippen LogP contribution in [0.5, 0.6) is 0 Å². The van der Waals surface area contributed by atoms with Crippen molar-refractivity contribution in [2.24, 2.45) is 11.3 Å². The fraction of sp³-hybridized carbons (Fsp3) is 0.593. The molecule has 0 radical (unpaired) electrons. The molecule has 1 aromatic heterocycles. The fourth-order valence-electron chi connectivity index (χ4n) is 6.62. The van der Waals surface area contributed by atoms with E-state index in [2.05, 4.69) is 36.1 Å². The molecule has 2 aliphatic heterocycles. The van der Waals surface area contributed by atoms with E-state index in [0.717, 1.165) is 50.3 Å². The summed E-state index contributed by atoms with van der Waals surface area (Å²) in [6.07, 6.45) is 6.84. The molecule has 2 saturated carbocycles. The Bertz CT molecular complexity index is 1080. The van der Waals surface area contributed by atoms with Crippen LogP contribution in [0.15, 0.2) is 30.3 Å². The Kier molecular flexibility index (Phi) is 5.38. The SMILES string of the molecule is CCn1nc(C(=O)N2CCN(c3ccccc3)CC2)c2c1CCN(C(=O)C1CC13CCCC3)C2. The Labute approximate surface area is 201 Å². The van der Waals surface area contributed by atoms with Gasteiger partial charge < -0.3 is 14.7 Å². The highest BCUT2D eigenvalue weighted by molar-refractivity contribution is 5.94. The van der Waals surface area contributed by atoms with E-state index < -0.39 is 0 Å². The Morgan fingerprint density at radius 2 is 1.74 bits per heavy atom. The molecule has 7 nitrogen and oxygen atoms in total. The second-order valence-corrected chi connectivity index (χ2v) is 10.5. The second kappa shape index (κ2) is 8.43. The van der Waals surface area contributed by atoms with Crippen LogP contribution in [0.1, 0.15) is 60.8 Å². The zero-order chi connectivity index (χ0) is 23.3. The Morgan fingerprint density at radius 3 is 2.44 bits per heavy atom. The van der Waals surface area contributed by atoms with Crippen LogP contribution in [0.3, 0.4) is 0 Å². The summed E-state index contributed by atoms with van der Waals surface area (Å²) < 4.78 is 1.99. The molecule has 2 aliphatic carbocycles. The predicted molar refractivity (Wildman–Crippen MR) is 131 cm³/mol. The number of amides is 2. The van der Waals surface area contributed by atoms with Gasteiger partial charge in [-0.05, 0) is 43.7 Å². The first-order chi connectivity index (χ1) is 16.6. The van der Waals surface area contributed by atoms with Gasteiger partial charge in [-0.25, -0.2) is 0 Å². The van der Waals surface area contributed by atoms with Gasteiger partial charge >= 0.3 is 0 Å². The van der Waals surface area contributed by atoms with E-state index in [-0.39, 0.29) is 11.8 Å². The number of aromatic nitrogens is 2. The van der Waals surface area contributed by atoms with Gasteiger partial charge in [-0.1, -0.05) is 31.0 Å². The smallest absolute Gasteiger partial charge is 0.274 e. The van der Waals surface area contributed by atoms with Gasteiger partial charge in [0.05, 0.1) is 0 Å². The number of hydrogen-bond acceptors (Lipinski definition) is 4. The summed E-state index contributed by atoms with van der Waals surface area (Å²) in [4.78, 5) is 33.3. The highest BCUT2D eigenvalue weighted by Gasteiger charge is 2.59. The van der Waals surface area contributed by atoms with Crippen LogP contribution in [-0.4, -0.2) is 64.1 Å². The molecule has 0 bridgehead atoms. The standard InChI is InChI=1S/C27H35N5O2/c1-2-32-23-10-13-31(25(33)22-18-27(22)11-6-7-12-27)19-21(23)24(28-32)26(34)30-16-14-29(15-17-30)20-8-4-3-5-9-20/h3-5,8-9,22H,2,6-7,10-19H2,1H3. The molecule has 4 aliphatic rings. The van der Waals surface area contributed by atoms with E-state index in [1.165, 1.54) is 31.4 Å². The van der Waals surface area contributed by atoms with Crippen LogP contribution in [0, 0.1) is 11.3 Å². The summed E-state index contributed by atoms with van der Waals surface area (Å²) in [6.45, 7) is 7.12. The summed E-state index contributed by atoms with van der Waals surface area (Å²) >= 11 is 0. The van der Waals surface area contributed by atoms with Crippen molar-refractivity contribution < 1.29 is 9.59 Å². The van der Waals surface area contributed by atoms with Crippen molar-refractivity contribution >= 4 is 17.5 Å². The average molecular weight is 462 g/mol. The van der Waals surface area contributed by atoms with Gasteiger partial charge in [-0.15, -0.1) is 0 Å². The Morgan fingerprint density at radius 1 is 1.00 bits per heavy atom. The van der Waals surface area contributed by atoms with Crippen molar-refractivity contribution in [1.29, 1.82) is 0 Å². The first-order valence-electron chi connectivity index (χ1n) is 13.1. The highest BCUT2D eigenvalue weighted by Crippen LogP contribution is 2.63. The highest BCUT2D eigenvalue weighted by atomic mass is 16.2. The minimum atomic E-state index is 0.0177. The fourth-order valence-corrected chi connectivity index (χ4v) is 6.62. The second-order valence-electron chi connectivity index (χ2n) is 10.5. The first-order valence-corrected chi connectivity index (χ1v) is 13.1. The van der Waals surface area contributed by atoms with Crippen LogP contribution in [0.4, 0.5) is 5.69 Å². The molecule has 6 rings (SSSR count). The topological polar surface area (TPSA) is 61.7 Å². The molecule has 1 saturated heterocycles. The summed E-state index contributed by atoms with van der Waals surface area (Å²) in [5.41, 5.74) is 4.20. The molecule has 1 aromatic carbocycles. The number of anilines is 1. The minimum Gasteiger partial charge on any atom is -0.368 e. The molecule has 3 heterocycles. The molecule has 1 spiro atoms. The van der Waals surface area contributed by atoms with Crippen molar-refractivity contribution in [3.8, 4) is 0 Å². The van der Waals surface area contributed by atoms with E-state index in [1.807, 2.05) is 20.5 Å². The number of carbonyl (C=O) groups is 2. The van der Waals surface area contributed by atoms with Crippen LogP contribution >= 0.6 is 0 Å². The minimum absolute atomic E-state index is 0.0177. The lowest BCUT2D eigenvalue weighted by molar-refractivity contribution is -0.134. The summed E-state index contributed by atoms with van der Waals surface area (Å²) in [5.74, 6) is 0.541. The lowest BCUT2D eigenvalue weighted by atomic mass is 9.99. The quantitative estimate of drug-likeness (QED) is 0.701. The number of para-hydroxylation sites is 1. The maximum atomic E-state index is 13.6. The van der Waals surface area contributed by atoms with Gasteiger partial charge in [0.2, 0.25) is 5.91 Å². The van der Waals surface area contributed by atoms with E-state index in [4.69, 9.17) is 5.10 Å². The molecule has 1 unspecified atom stereocenters. The van der Waals surface area contributed by atoms with Crippen LogP contribution in [0.25, 0.3) is 0 Å². The number of fused-ring (bicyclic) bond motifs is 1. The van der Waals surface area contributed by atoms with Crippen LogP contribution in [0.2, 0.25) is 0 Å². The van der Waals surface area contributed by atoms with Crippen molar-refractivity contribution in [2.45, 2.75) is 58.5 Å². The number of carbonyl (C=O) groups excluding carboxylic acids is 2. The molecule has 7 heteroatoms.